The van der Waals surface area contributed by atoms with E-state index in [0.717, 1.165) is 0 Å². The molecule has 0 spiro atoms. The van der Waals surface area contributed by atoms with Crippen LogP contribution in [0.1, 0.15) is 6.92 Å². The summed E-state index contributed by atoms with van der Waals surface area (Å²) in [4.78, 5) is 29.6. The first-order chi connectivity index (χ1) is 9.65. The average molecular weight is 295 g/mol. The Morgan fingerprint density at radius 1 is 1.35 bits per heavy atom. The maximum absolute atomic E-state index is 11.7. The smallest absolute Gasteiger partial charge is 0.258 e. The first kappa shape index (κ1) is 12.7. The van der Waals surface area contributed by atoms with E-state index in [1.165, 1.54) is 17.3 Å². The van der Waals surface area contributed by atoms with Crippen molar-refractivity contribution in [3.05, 3.63) is 17.9 Å². The number of aromatic nitrogens is 6. The van der Waals surface area contributed by atoms with Crippen LogP contribution in [0.2, 0.25) is 5.28 Å². The van der Waals surface area contributed by atoms with E-state index in [1.807, 2.05) is 0 Å². The Kier molecular flexibility index (Phi) is 3.18. The van der Waals surface area contributed by atoms with E-state index in [1.54, 1.807) is 11.8 Å². The first-order valence-corrected chi connectivity index (χ1v) is 6.34. The number of halogens is 1. The van der Waals surface area contributed by atoms with E-state index in [-0.39, 0.29) is 23.2 Å². The number of piperazine rings is 1. The number of hydrogen-bond donors (Lipinski definition) is 1. The van der Waals surface area contributed by atoms with Gasteiger partial charge in [-0.05, 0) is 18.5 Å². The third-order valence-corrected chi connectivity index (χ3v) is 3.13. The van der Waals surface area contributed by atoms with Gasteiger partial charge >= 0.3 is 0 Å². The molecule has 1 aliphatic heterocycles. The highest BCUT2D eigenvalue weighted by molar-refractivity contribution is 6.28. The molecule has 9 nitrogen and oxygen atoms in total. The monoisotopic (exact) mass is 294 g/mol. The number of anilines is 1. The van der Waals surface area contributed by atoms with E-state index in [0.29, 0.717) is 19.0 Å². The second kappa shape index (κ2) is 5.00. The molecule has 10 heteroatoms. The maximum atomic E-state index is 11.7. The quantitative estimate of drug-likeness (QED) is 0.791. The molecule has 1 N–H and O–H groups in total. The number of rotatable bonds is 2. The molecule has 2 aromatic rings. The topological polar surface area (TPSA) is 102 Å². The van der Waals surface area contributed by atoms with Gasteiger partial charge in [-0.15, -0.1) is 0 Å². The van der Waals surface area contributed by atoms with Gasteiger partial charge < -0.3 is 10.2 Å². The molecule has 1 saturated heterocycles. The van der Waals surface area contributed by atoms with E-state index < -0.39 is 0 Å². The number of amides is 1. The Labute approximate surface area is 119 Å². The van der Waals surface area contributed by atoms with Gasteiger partial charge in [-0.1, -0.05) is 0 Å². The van der Waals surface area contributed by atoms with Crippen molar-refractivity contribution in [2.45, 2.75) is 13.0 Å². The zero-order valence-corrected chi connectivity index (χ0v) is 11.3. The van der Waals surface area contributed by atoms with Crippen LogP contribution in [0.5, 0.6) is 0 Å². The molecule has 1 fully saturated rings. The van der Waals surface area contributed by atoms with E-state index >= 15 is 0 Å². The first-order valence-electron chi connectivity index (χ1n) is 5.96. The highest BCUT2D eigenvalue weighted by Gasteiger charge is 2.28. The molecule has 1 aliphatic rings. The minimum Gasteiger partial charge on any atom is -0.353 e. The molecule has 3 heterocycles. The summed E-state index contributed by atoms with van der Waals surface area (Å²) in [6.45, 7) is 2.91. The van der Waals surface area contributed by atoms with Crippen LogP contribution in [0, 0.1) is 0 Å². The third-order valence-electron chi connectivity index (χ3n) is 2.96. The average Bonchev–Trinajstić information content (AvgIpc) is 2.95. The molecule has 0 aromatic carbocycles. The number of carbonyl (C=O) groups excluding carboxylic acids is 1. The SMILES string of the molecule is CC1C(=O)NCCN1c1nc(Cl)nc(-n2cncn2)n1. The summed E-state index contributed by atoms with van der Waals surface area (Å²) in [7, 11) is 0. The van der Waals surface area contributed by atoms with Crippen LogP contribution < -0.4 is 10.2 Å². The molecular weight excluding hydrogens is 284 g/mol. The summed E-state index contributed by atoms with van der Waals surface area (Å²) < 4.78 is 1.38. The van der Waals surface area contributed by atoms with Gasteiger partial charge in [-0.3, -0.25) is 4.79 Å². The summed E-state index contributed by atoms with van der Waals surface area (Å²) in [6.07, 6.45) is 2.83. The lowest BCUT2D eigenvalue weighted by Crippen LogP contribution is -2.54. The molecule has 2 aromatic heterocycles. The van der Waals surface area contributed by atoms with Gasteiger partial charge in [0.2, 0.25) is 17.1 Å². The van der Waals surface area contributed by atoms with Gasteiger partial charge in [-0.25, -0.2) is 4.98 Å². The van der Waals surface area contributed by atoms with Crippen molar-refractivity contribution in [2.24, 2.45) is 0 Å². The van der Waals surface area contributed by atoms with Crippen molar-refractivity contribution < 1.29 is 4.79 Å². The number of hydrogen-bond acceptors (Lipinski definition) is 7. The second-order valence-corrected chi connectivity index (χ2v) is 4.54. The second-order valence-electron chi connectivity index (χ2n) is 4.20. The van der Waals surface area contributed by atoms with Crippen molar-refractivity contribution in [2.75, 3.05) is 18.0 Å². The number of nitrogens with zero attached hydrogens (tertiary/aromatic N) is 7. The molecule has 1 amide bonds. The van der Waals surface area contributed by atoms with Gasteiger partial charge in [0, 0.05) is 13.1 Å². The van der Waals surface area contributed by atoms with Gasteiger partial charge in [0.25, 0.3) is 5.95 Å². The van der Waals surface area contributed by atoms with Gasteiger partial charge in [0.15, 0.2) is 0 Å². The zero-order valence-electron chi connectivity index (χ0n) is 10.6. The fraction of sp³-hybridized carbons (Fsp3) is 0.400. The highest BCUT2D eigenvalue weighted by atomic mass is 35.5. The minimum absolute atomic E-state index is 0.0404. The standard InChI is InChI=1S/C10H11ClN8O/c1-6-7(20)13-2-3-18(6)9-15-8(11)16-10(17-9)19-5-12-4-14-19/h4-6H,2-3H2,1H3,(H,13,20). The van der Waals surface area contributed by atoms with Crippen molar-refractivity contribution in [1.29, 1.82) is 0 Å². The van der Waals surface area contributed by atoms with Crippen LogP contribution in [-0.4, -0.2) is 54.8 Å². The molecule has 3 rings (SSSR count). The van der Waals surface area contributed by atoms with Crippen molar-refractivity contribution >= 4 is 23.5 Å². The minimum atomic E-state index is -0.370. The van der Waals surface area contributed by atoms with Crippen molar-refractivity contribution in [3.63, 3.8) is 0 Å². The Balaban J connectivity index is 1.99. The molecule has 1 unspecified atom stereocenters. The fourth-order valence-corrected chi connectivity index (χ4v) is 2.08. The lowest BCUT2D eigenvalue weighted by atomic mass is 10.2. The van der Waals surface area contributed by atoms with Crippen LogP contribution in [0.3, 0.4) is 0 Å². The summed E-state index contributed by atoms with van der Waals surface area (Å²) in [5.74, 6) is 0.531. The highest BCUT2D eigenvalue weighted by Crippen LogP contribution is 2.16. The summed E-state index contributed by atoms with van der Waals surface area (Å²) >= 11 is 5.92. The lowest BCUT2D eigenvalue weighted by Gasteiger charge is -2.32. The largest absolute Gasteiger partial charge is 0.353 e. The van der Waals surface area contributed by atoms with Gasteiger partial charge in [-0.2, -0.15) is 24.7 Å². The summed E-state index contributed by atoms with van der Waals surface area (Å²) in [6, 6.07) is -0.370. The van der Waals surface area contributed by atoms with Gasteiger partial charge in [0.1, 0.15) is 18.7 Å². The molecule has 0 saturated carbocycles. The summed E-state index contributed by atoms with van der Waals surface area (Å²) in [5.41, 5.74) is 0. The number of carbonyl (C=O) groups is 1. The van der Waals surface area contributed by atoms with Crippen LogP contribution >= 0.6 is 11.6 Å². The van der Waals surface area contributed by atoms with E-state index in [9.17, 15) is 4.79 Å². The van der Waals surface area contributed by atoms with Crippen LogP contribution in [0.4, 0.5) is 5.95 Å². The van der Waals surface area contributed by atoms with Crippen molar-refractivity contribution in [1.82, 2.24) is 35.0 Å². The Morgan fingerprint density at radius 3 is 2.90 bits per heavy atom. The van der Waals surface area contributed by atoms with Crippen LogP contribution in [-0.2, 0) is 4.79 Å². The van der Waals surface area contributed by atoms with Crippen LogP contribution in [0.25, 0.3) is 5.95 Å². The Morgan fingerprint density at radius 2 is 2.15 bits per heavy atom. The van der Waals surface area contributed by atoms with E-state index in [4.69, 9.17) is 11.6 Å². The van der Waals surface area contributed by atoms with Crippen molar-refractivity contribution in [3.8, 4) is 5.95 Å². The maximum Gasteiger partial charge on any atom is 0.258 e. The normalized spacial score (nSPS) is 19.0. The Hall–Kier alpha value is -2.29. The summed E-state index contributed by atoms with van der Waals surface area (Å²) in [5, 5.41) is 6.76. The Bertz CT molecular complexity index is 630. The predicted octanol–water partition coefficient (Wildman–Crippen LogP) is -0.570. The lowest BCUT2D eigenvalue weighted by molar-refractivity contribution is -0.122. The number of nitrogens with one attached hydrogen (secondary N) is 1. The van der Waals surface area contributed by atoms with Crippen LogP contribution in [0.15, 0.2) is 12.7 Å². The molecular formula is C10H11ClN8O. The molecule has 20 heavy (non-hydrogen) atoms. The molecule has 1 atom stereocenters. The fourth-order valence-electron chi connectivity index (χ4n) is 1.93. The third kappa shape index (κ3) is 2.27. The zero-order chi connectivity index (χ0) is 14.1. The predicted molar refractivity (Wildman–Crippen MR) is 69.6 cm³/mol. The van der Waals surface area contributed by atoms with E-state index in [2.05, 4.69) is 30.4 Å². The molecule has 0 radical (unpaired) electrons. The van der Waals surface area contributed by atoms with Gasteiger partial charge in [0.05, 0.1) is 0 Å². The molecule has 104 valence electrons. The molecule has 0 aliphatic carbocycles. The molecule has 0 bridgehead atoms.